The molecule has 6 nitrogen and oxygen atoms in total. The number of nitro benzene ring substituents is 1. The Balaban J connectivity index is 1.97. The van der Waals surface area contributed by atoms with E-state index in [0.717, 1.165) is 0 Å². The molecule has 8 heteroatoms. The lowest BCUT2D eigenvalue weighted by Crippen LogP contribution is -2.05. The predicted molar refractivity (Wildman–Crippen MR) is 85.1 cm³/mol. The molecular weight excluding hydrogens is 339 g/mol. The highest BCUT2D eigenvalue weighted by atomic mass is 35.5. The molecule has 1 heterocycles. The molecule has 0 aromatic heterocycles. The zero-order chi connectivity index (χ0) is 17.3. The number of ether oxygens (including phenoxy) is 1. The van der Waals surface area contributed by atoms with Crippen molar-refractivity contribution in [2.75, 3.05) is 0 Å². The summed E-state index contributed by atoms with van der Waals surface area (Å²) >= 11 is 5.74. The number of nitrogens with zero attached hydrogens (tertiary/aromatic N) is 2. The van der Waals surface area contributed by atoms with E-state index in [1.54, 1.807) is 6.07 Å². The number of carbonyl (C=O) groups is 1. The van der Waals surface area contributed by atoms with Gasteiger partial charge in [0.05, 0.1) is 4.92 Å². The normalized spacial score (nSPS) is 15.3. The highest BCUT2D eigenvalue weighted by Gasteiger charge is 2.24. The van der Waals surface area contributed by atoms with Gasteiger partial charge >= 0.3 is 5.97 Å². The Morgan fingerprint density at radius 1 is 1.25 bits per heavy atom. The smallest absolute Gasteiger partial charge is 0.363 e. The molecule has 0 bridgehead atoms. The van der Waals surface area contributed by atoms with Crippen molar-refractivity contribution >= 4 is 35.2 Å². The van der Waals surface area contributed by atoms with Crippen LogP contribution in [0.25, 0.3) is 6.08 Å². The number of hydrogen-bond donors (Lipinski definition) is 0. The lowest BCUT2D eigenvalue weighted by Gasteiger charge is -1.98. The van der Waals surface area contributed by atoms with Crippen LogP contribution in [0.3, 0.4) is 0 Å². The van der Waals surface area contributed by atoms with Gasteiger partial charge in [-0.2, -0.15) is 0 Å². The van der Waals surface area contributed by atoms with Crippen LogP contribution in [0.2, 0.25) is 5.02 Å². The molecule has 0 saturated carbocycles. The minimum absolute atomic E-state index is 0.0138. The van der Waals surface area contributed by atoms with Gasteiger partial charge in [-0.05, 0) is 35.9 Å². The summed E-state index contributed by atoms with van der Waals surface area (Å²) in [6.07, 6.45) is 1.33. The van der Waals surface area contributed by atoms with Crippen molar-refractivity contribution in [3.63, 3.8) is 0 Å². The number of nitro groups is 1. The number of carbonyl (C=O) groups excluding carboxylic acids is 1. The average Bonchev–Trinajstić information content (AvgIpc) is 2.90. The molecule has 0 amide bonds. The average molecular weight is 347 g/mol. The molecule has 0 N–H and O–H groups in total. The Hall–Kier alpha value is -3.06. The fourth-order valence-electron chi connectivity index (χ4n) is 2.07. The number of hydrogen-bond acceptors (Lipinski definition) is 5. The summed E-state index contributed by atoms with van der Waals surface area (Å²) in [6, 6.07) is 9.52. The monoisotopic (exact) mass is 346 g/mol. The third-order valence-corrected chi connectivity index (χ3v) is 3.48. The Morgan fingerprint density at radius 3 is 2.75 bits per heavy atom. The maximum Gasteiger partial charge on any atom is 0.363 e. The highest BCUT2D eigenvalue weighted by molar-refractivity contribution is 6.32. The Bertz CT molecular complexity index is 924. The van der Waals surface area contributed by atoms with Crippen molar-refractivity contribution < 1.29 is 18.8 Å². The van der Waals surface area contributed by atoms with Gasteiger partial charge in [0.15, 0.2) is 5.70 Å². The van der Waals surface area contributed by atoms with Gasteiger partial charge in [0.2, 0.25) is 5.90 Å². The summed E-state index contributed by atoms with van der Waals surface area (Å²) in [7, 11) is 0. The summed E-state index contributed by atoms with van der Waals surface area (Å²) in [5, 5.41) is 10.9. The molecule has 2 aromatic carbocycles. The molecule has 0 fully saturated rings. The van der Waals surface area contributed by atoms with E-state index in [2.05, 4.69) is 4.99 Å². The topological polar surface area (TPSA) is 81.8 Å². The lowest BCUT2D eigenvalue weighted by molar-refractivity contribution is -0.384. The minimum atomic E-state index is -0.730. The summed E-state index contributed by atoms with van der Waals surface area (Å²) in [6.45, 7) is 0. The third-order valence-electron chi connectivity index (χ3n) is 3.16. The van der Waals surface area contributed by atoms with Crippen molar-refractivity contribution in [3.05, 3.63) is 80.2 Å². The van der Waals surface area contributed by atoms with Gasteiger partial charge in [0.1, 0.15) is 10.8 Å². The SMILES string of the molecule is O=C1OC(c2cccc(F)c2)=N/C1=C/c1ccc(Cl)c([N+](=O)[O-])c1. The van der Waals surface area contributed by atoms with Crippen LogP contribution in [-0.4, -0.2) is 16.8 Å². The van der Waals surface area contributed by atoms with E-state index in [-0.39, 0.29) is 22.3 Å². The zero-order valence-corrected chi connectivity index (χ0v) is 12.7. The van der Waals surface area contributed by atoms with Crippen LogP contribution in [0.5, 0.6) is 0 Å². The molecule has 120 valence electrons. The second-order valence-corrected chi connectivity index (χ2v) is 5.22. The first-order valence-corrected chi connectivity index (χ1v) is 7.04. The third kappa shape index (κ3) is 3.16. The molecule has 0 unspecified atom stereocenters. The first-order valence-electron chi connectivity index (χ1n) is 6.66. The molecule has 1 aliphatic rings. The lowest BCUT2D eigenvalue weighted by atomic mass is 10.1. The van der Waals surface area contributed by atoms with Crippen molar-refractivity contribution in [3.8, 4) is 0 Å². The molecule has 0 saturated heterocycles. The Morgan fingerprint density at radius 2 is 2.04 bits per heavy atom. The molecule has 0 spiro atoms. The number of aliphatic imine (C=N–C) groups is 1. The van der Waals surface area contributed by atoms with Gasteiger partial charge in [0.25, 0.3) is 5.69 Å². The van der Waals surface area contributed by atoms with E-state index >= 15 is 0 Å². The van der Waals surface area contributed by atoms with Crippen LogP contribution in [0.1, 0.15) is 11.1 Å². The van der Waals surface area contributed by atoms with Crippen LogP contribution in [0.15, 0.2) is 53.2 Å². The number of rotatable bonds is 3. The van der Waals surface area contributed by atoms with Crippen LogP contribution in [0, 0.1) is 15.9 Å². The first-order chi connectivity index (χ1) is 11.4. The second kappa shape index (κ2) is 6.21. The summed E-state index contributed by atoms with van der Waals surface area (Å²) < 4.78 is 18.2. The Labute approximate surface area is 140 Å². The minimum Gasteiger partial charge on any atom is -0.402 e. The molecular formula is C16H8ClFN2O4. The number of esters is 1. The first kappa shape index (κ1) is 15.8. The predicted octanol–water partition coefficient (Wildman–Crippen LogP) is 3.73. The highest BCUT2D eigenvalue weighted by Crippen LogP contribution is 2.27. The molecule has 0 aliphatic carbocycles. The zero-order valence-electron chi connectivity index (χ0n) is 11.9. The maximum atomic E-state index is 13.2. The Kier molecular flexibility index (Phi) is 4.09. The van der Waals surface area contributed by atoms with Crippen LogP contribution >= 0.6 is 11.6 Å². The van der Waals surface area contributed by atoms with Crippen LogP contribution in [-0.2, 0) is 9.53 Å². The number of cyclic esters (lactones) is 1. The number of halogens is 2. The van der Waals surface area contributed by atoms with E-state index < -0.39 is 16.7 Å². The second-order valence-electron chi connectivity index (χ2n) is 4.81. The van der Waals surface area contributed by atoms with Crippen LogP contribution < -0.4 is 0 Å². The quantitative estimate of drug-likeness (QED) is 0.367. The van der Waals surface area contributed by atoms with E-state index in [9.17, 15) is 19.3 Å². The van der Waals surface area contributed by atoms with Gasteiger partial charge in [-0.1, -0.05) is 23.7 Å². The molecule has 24 heavy (non-hydrogen) atoms. The van der Waals surface area contributed by atoms with Gasteiger partial charge in [-0.3, -0.25) is 10.1 Å². The largest absolute Gasteiger partial charge is 0.402 e. The van der Waals surface area contributed by atoms with Crippen molar-refractivity contribution in [2.45, 2.75) is 0 Å². The standard InChI is InChI=1S/C16H8ClFN2O4/c17-12-5-4-9(7-14(12)20(22)23)6-13-16(21)24-15(19-13)10-2-1-3-11(18)8-10/h1-8H/b13-6+. The fourth-order valence-corrected chi connectivity index (χ4v) is 2.26. The molecule has 2 aromatic rings. The van der Waals surface area contributed by atoms with Crippen LogP contribution in [0.4, 0.5) is 10.1 Å². The van der Waals surface area contributed by atoms with Gasteiger partial charge < -0.3 is 4.74 Å². The summed E-state index contributed by atoms with van der Waals surface area (Å²) in [5.74, 6) is -1.25. The fraction of sp³-hybridized carbons (Fsp3) is 0. The molecule has 0 atom stereocenters. The maximum absolute atomic E-state index is 13.2. The van der Waals surface area contributed by atoms with Gasteiger partial charge in [-0.25, -0.2) is 14.2 Å². The molecule has 3 rings (SSSR count). The van der Waals surface area contributed by atoms with E-state index in [1.807, 2.05) is 0 Å². The van der Waals surface area contributed by atoms with E-state index in [0.29, 0.717) is 11.1 Å². The molecule has 1 aliphatic heterocycles. The number of benzene rings is 2. The van der Waals surface area contributed by atoms with Crippen molar-refractivity contribution in [2.24, 2.45) is 4.99 Å². The molecule has 0 radical (unpaired) electrons. The van der Waals surface area contributed by atoms with E-state index in [4.69, 9.17) is 16.3 Å². The van der Waals surface area contributed by atoms with Crippen molar-refractivity contribution in [1.29, 1.82) is 0 Å². The summed E-state index contributed by atoms with van der Waals surface area (Å²) in [5.41, 5.74) is 0.341. The summed E-state index contributed by atoms with van der Waals surface area (Å²) in [4.78, 5) is 26.1. The van der Waals surface area contributed by atoms with Crippen molar-refractivity contribution in [1.82, 2.24) is 0 Å². The van der Waals surface area contributed by atoms with Gasteiger partial charge in [0, 0.05) is 11.6 Å². The van der Waals surface area contributed by atoms with Gasteiger partial charge in [-0.15, -0.1) is 0 Å². The van der Waals surface area contributed by atoms with E-state index in [1.165, 1.54) is 42.5 Å².